The van der Waals surface area contributed by atoms with Crippen LogP contribution in [0.5, 0.6) is 11.5 Å². The van der Waals surface area contributed by atoms with Crippen molar-refractivity contribution in [1.82, 2.24) is 0 Å². The number of carbonyl (C=O) groups excluding carboxylic acids is 4. The number of halogens is 1. The smallest absolute Gasteiger partial charge is 0.347 e. The number of hydrogen-bond acceptors (Lipinski definition) is 8. The maximum Gasteiger partial charge on any atom is 0.347 e. The Morgan fingerprint density at radius 1 is 0.929 bits per heavy atom. The first-order chi connectivity index (χ1) is 13.2. The molecule has 8 nitrogen and oxygen atoms in total. The quantitative estimate of drug-likeness (QED) is 0.228. The monoisotopic (exact) mass is 458 g/mol. The zero-order valence-electron chi connectivity index (χ0n) is 16.0. The Bertz CT molecular complexity index is 716. The summed E-state index contributed by atoms with van der Waals surface area (Å²) in [6.07, 6.45) is 0.379. The fourth-order valence-electron chi connectivity index (χ4n) is 2.20. The summed E-state index contributed by atoms with van der Waals surface area (Å²) in [6, 6.07) is 4.44. The van der Waals surface area contributed by atoms with Crippen LogP contribution in [-0.4, -0.2) is 41.9 Å². The normalized spacial score (nSPS) is 11.3. The highest BCUT2D eigenvalue weighted by molar-refractivity contribution is 9.09. The predicted octanol–water partition coefficient (Wildman–Crippen LogP) is 2.73. The fourth-order valence-corrected chi connectivity index (χ4v) is 2.60. The van der Waals surface area contributed by atoms with Gasteiger partial charge in [0.05, 0.1) is 6.61 Å². The van der Waals surface area contributed by atoms with E-state index in [4.69, 9.17) is 18.9 Å². The summed E-state index contributed by atoms with van der Waals surface area (Å²) in [4.78, 5) is 46.1. The average Bonchev–Trinajstić information content (AvgIpc) is 2.59. The van der Waals surface area contributed by atoms with Crippen LogP contribution in [0.3, 0.4) is 0 Å². The van der Waals surface area contributed by atoms with Crippen LogP contribution in [0, 0.1) is 0 Å². The van der Waals surface area contributed by atoms with E-state index in [0.29, 0.717) is 12.0 Å². The van der Waals surface area contributed by atoms with E-state index in [1.807, 2.05) is 0 Å². The minimum Gasteiger partial charge on any atom is -0.463 e. The van der Waals surface area contributed by atoms with Crippen molar-refractivity contribution in [2.45, 2.75) is 46.1 Å². The van der Waals surface area contributed by atoms with Crippen LogP contribution >= 0.6 is 15.9 Å². The van der Waals surface area contributed by atoms with Gasteiger partial charge in [-0.15, -0.1) is 0 Å². The van der Waals surface area contributed by atoms with Crippen molar-refractivity contribution in [3.8, 4) is 11.5 Å². The third-order valence-corrected chi connectivity index (χ3v) is 3.84. The molecule has 1 aromatic rings. The summed E-state index contributed by atoms with van der Waals surface area (Å²) < 4.78 is 20.3. The molecule has 1 atom stereocenters. The molecule has 9 heteroatoms. The Hall–Kier alpha value is -2.42. The molecule has 0 amide bonds. The average molecular weight is 459 g/mol. The number of ether oxygens (including phenoxy) is 4. The summed E-state index contributed by atoms with van der Waals surface area (Å²) in [7, 11) is 0. The molecule has 0 aromatic heterocycles. The molecule has 0 heterocycles. The second-order valence-electron chi connectivity index (χ2n) is 5.83. The molecule has 28 heavy (non-hydrogen) atoms. The van der Waals surface area contributed by atoms with E-state index in [1.165, 1.54) is 32.9 Å². The van der Waals surface area contributed by atoms with Crippen LogP contribution in [-0.2, 0) is 35.1 Å². The Morgan fingerprint density at radius 2 is 1.57 bits per heavy atom. The molecule has 1 rings (SSSR count). The number of esters is 4. The van der Waals surface area contributed by atoms with E-state index in [9.17, 15) is 19.2 Å². The predicted molar refractivity (Wildman–Crippen MR) is 102 cm³/mol. The number of unbranched alkanes of at least 4 members (excludes halogenated alkanes) is 1. The van der Waals surface area contributed by atoms with Gasteiger partial charge in [0.25, 0.3) is 0 Å². The van der Waals surface area contributed by atoms with E-state index in [0.717, 1.165) is 11.8 Å². The fraction of sp³-hybridized carbons (Fsp3) is 0.474. The van der Waals surface area contributed by atoms with E-state index in [-0.39, 0.29) is 24.5 Å². The molecule has 0 saturated heterocycles. The molecule has 0 radical (unpaired) electrons. The molecule has 1 aromatic carbocycles. The third-order valence-electron chi connectivity index (χ3n) is 3.28. The molecule has 0 aliphatic heterocycles. The topological polar surface area (TPSA) is 105 Å². The van der Waals surface area contributed by atoms with Crippen molar-refractivity contribution in [2.24, 2.45) is 0 Å². The molecule has 0 fully saturated rings. The third kappa shape index (κ3) is 8.98. The van der Waals surface area contributed by atoms with Crippen molar-refractivity contribution < 1.29 is 38.1 Å². The maximum atomic E-state index is 12.3. The van der Waals surface area contributed by atoms with Gasteiger partial charge < -0.3 is 18.9 Å². The lowest BCUT2D eigenvalue weighted by atomic mass is 10.1. The van der Waals surface area contributed by atoms with Gasteiger partial charge in [0.1, 0.15) is 0 Å². The second kappa shape index (κ2) is 12.1. The van der Waals surface area contributed by atoms with Gasteiger partial charge in [-0.05, 0) is 30.5 Å². The van der Waals surface area contributed by atoms with Crippen LogP contribution in [0.1, 0.15) is 39.2 Å². The zero-order chi connectivity index (χ0) is 21.1. The summed E-state index contributed by atoms with van der Waals surface area (Å²) in [5, 5.41) is 0.797. The molecular formula is C19H23BrO8. The molecule has 0 saturated carbocycles. The van der Waals surface area contributed by atoms with E-state index in [1.54, 1.807) is 6.07 Å². The van der Waals surface area contributed by atoms with Gasteiger partial charge in [-0.2, -0.15) is 0 Å². The Kier molecular flexibility index (Phi) is 10.2. The largest absolute Gasteiger partial charge is 0.463 e. The van der Waals surface area contributed by atoms with E-state index < -0.39 is 30.0 Å². The highest BCUT2D eigenvalue weighted by Crippen LogP contribution is 2.29. The highest BCUT2D eigenvalue weighted by Gasteiger charge is 2.24. The van der Waals surface area contributed by atoms with E-state index in [2.05, 4.69) is 15.9 Å². The Labute approximate surface area is 171 Å². The van der Waals surface area contributed by atoms with Crippen molar-refractivity contribution in [3.05, 3.63) is 23.8 Å². The lowest BCUT2D eigenvalue weighted by Gasteiger charge is -2.17. The Balaban J connectivity index is 2.96. The number of carbonyl (C=O) groups is 4. The SMILES string of the molecule is CC(=O)Oc1ccc(CC(OC(C)=O)C(=O)OCCCCBr)cc1OC(C)=O. The standard InChI is InChI=1S/C19H23BrO8/c1-12(21)26-16-7-6-15(10-17(16)27-13(2)22)11-18(28-14(3)23)19(24)25-9-5-4-8-20/h6-7,10,18H,4-5,8-9,11H2,1-3H3. The number of alkyl halides is 1. The van der Waals surface area contributed by atoms with Crippen molar-refractivity contribution >= 4 is 39.8 Å². The van der Waals surface area contributed by atoms with Crippen LogP contribution in [0.4, 0.5) is 0 Å². The van der Waals surface area contributed by atoms with Gasteiger partial charge >= 0.3 is 23.9 Å². The molecule has 0 N–H and O–H groups in total. The van der Waals surface area contributed by atoms with Gasteiger partial charge in [-0.25, -0.2) is 4.79 Å². The maximum absolute atomic E-state index is 12.3. The Morgan fingerprint density at radius 3 is 2.14 bits per heavy atom. The van der Waals surface area contributed by atoms with E-state index >= 15 is 0 Å². The summed E-state index contributed by atoms with van der Waals surface area (Å²) in [6.45, 7) is 3.83. The molecule has 0 spiro atoms. The van der Waals surface area contributed by atoms with Crippen molar-refractivity contribution in [1.29, 1.82) is 0 Å². The van der Waals surface area contributed by atoms with Gasteiger partial charge in [0.2, 0.25) is 6.10 Å². The first-order valence-corrected chi connectivity index (χ1v) is 9.74. The summed E-state index contributed by atoms with van der Waals surface area (Å²) in [5.41, 5.74) is 0.524. The zero-order valence-corrected chi connectivity index (χ0v) is 17.6. The molecule has 1 unspecified atom stereocenters. The van der Waals surface area contributed by atoms with Gasteiger partial charge in [0, 0.05) is 32.5 Å². The first kappa shape index (κ1) is 23.6. The first-order valence-electron chi connectivity index (χ1n) is 8.62. The molecule has 0 aliphatic rings. The van der Waals surface area contributed by atoms with Crippen LogP contribution in [0.25, 0.3) is 0 Å². The van der Waals surface area contributed by atoms with Gasteiger partial charge in [0.15, 0.2) is 11.5 Å². The molecular weight excluding hydrogens is 436 g/mol. The van der Waals surface area contributed by atoms with Crippen LogP contribution in [0.2, 0.25) is 0 Å². The molecule has 154 valence electrons. The minimum atomic E-state index is -1.15. The number of hydrogen-bond donors (Lipinski definition) is 0. The van der Waals surface area contributed by atoms with Crippen molar-refractivity contribution in [2.75, 3.05) is 11.9 Å². The minimum absolute atomic E-state index is 0.00543. The summed E-state index contributed by atoms with van der Waals surface area (Å²) in [5.74, 6) is -2.39. The highest BCUT2D eigenvalue weighted by atomic mass is 79.9. The lowest BCUT2D eigenvalue weighted by molar-refractivity contribution is -0.166. The lowest BCUT2D eigenvalue weighted by Crippen LogP contribution is -2.31. The molecule has 0 bridgehead atoms. The van der Waals surface area contributed by atoms with Gasteiger partial charge in [-0.3, -0.25) is 14.4 Å². The number of benzene rings is 1. The van der Waals surface area contributed by atoms with Crippen molar-refractivity contribution in [3.63, 3.8) is 0 Å². The molecule has 0 aliphatic carbocycles. The number of rotatable bonds is 10. The second-order valence-corrected chi connectivity index (χ2v) is 6.63. The van der Waals surface area contributed by atoms with Crippen LogP contribution in [0.15, 0.2) is 18.2 Å². The summed E-state index contributed by atoms with van der Waals surface area (Å²) >= 11 is 3.29. The van der Waals surface area contributed by atoms with Gasteiger partial charge in [-0.1, -0.05) is 22.0 Å². The van der Waals surface area contributed by atoms with Crippen LogP contribution < -0.4 is 9.47 Å².